The Kier molecular flexibility index (Phi) is 9.35. The first-order valence-corrected chi connectivity index (χ1v) is 19.9. The minimum absolute atomic E-state index is 0.153. The first kappa shape index (κ1) is 34.4. The number of hydrogen-bond donors (Lipinski definition) is 2. The maximum absolute atomic E-state index is 14.1. The number of rotatable bonds is 8. The molecular formula is C36H43N5O7S2. The van der Waals surface area contributed by atoms with Gasteiger partial charge in [-0.2, -0.15) is 0 Å². The van der Waals surface area contributed by atoms with E-state index in [0.717, 1.165) is 35.4 Å². The third kappa shape index (κ3) is 6.96. The number of sulfonamides is 1. The summed E-state index contributed by atoms with van der Waals surface area (Å²) in [6, 6.07) is 6.51. The predicted octanol–water partition coefficient (Wildman–Crippen LogP) is 4.84. The van der Waals surface area contributed by atoms with E-state index in [4.69, 9.17) is 19.4 Å². The van der Waals surface area contributed by atoms with Crippen LogP contribution in [-0.2, 0) is 24.4 Å². The molecule has 2 N–H and O–H groups in total. The molecular weight excluding hydrogens is 679 g/mol. The Morgan fingerprint density at radius 2 is 1.96 bits per heavy atom. The molecule has 4 heterocycles. The molecule has 4 unspecified atom stereocenters. The second-order valence-electron chi connectivity index (χ2n) is 14.1. The summed E-state index contributed by atoms with van der Waals surface area (Å²) in [6.45, 7) is 4.35. The molecule has 0 radical (unpaired) electrons. The van der Waals surface area contributed by atoms with Crippen LogP contribution in [0, 0.1) is 5.92 Å². The normalized spacial score (nSPS) is 26.5. The molecule has 0 bridgehead atoms. The van der Waals surface area contributed by atoms with Crippen LogP contribution in [-0.4, -0.2) is 77.6 Å². The Bertz CT molecular complexity index is 1960. The molecule has 50 heavy (non-hydrogen) atoms. The Labute approximate surface area is 296 Å². The molecule has 2 aromatic heterocycles. The van der Waals surface area contributed by atoms with E-state index in [0.29, 0.717) is 48.4 Å². The van der Waals surface area contributed by atoms with Gasteiger partial charge in [-0.1, -0.05) is 32.4 Å². The van der Waals surface area contributed by atoms with Crippen molar-refractivity contribution >= 4 is 50.0 Å². The lowest BCUT2D eigenvalue weighted by Crippen LogP contribution is -2.56. The largest absolute Gasteiger partial charge is 0.497 e. The first-order valence-electron chi connectivity index (χ1n) is 17.4. The average molecular weight is 722 g/mol. The molecule has 3 aromatic rings. The van der Waals surface area contributed by atoms with Gasteiger partial charge < -0.3 is 19.7 Å². The number of ether oxygens (including phenoxy) is 2. The second-order valence-corrected chi connectivity index (χ2v) is 17.0. The number of aromatic nitrogens is 2. The lowest BCUT2D eigenvalue weighted by molar-refractivity contribution is -0.139. The fourth-order valence-corrected chi connectivity index (χ4v) is 9.16. The highest BCUT2D eigenvalue weighted by molar-refractivity contribution is 7.91. The third-order valence-corrected chi connectivity index (χ3v) is 12.8. The molecule has 1 saturated heterocycles. The van der Waals surface area contributed by atoms with Gasteiger partial charge in [0, 0.05) is 41.7 Å². The lowest BCUT2D eigenvalue weighted by Gasteiger charge is -2.26. The number of thiazole rings is 1. The zero-order valence-corrected chi connectivity index (χ0v) is 30.1. The van der Waals surface area contributed by atoms with Crippen LogP contribution in [0.1, 0.15) is 83.2 Å². The lowest BCUT2D eigenvalue weighted by atomic mass is 10.1. The number of benzene rings is 1. The SMILES string of the molecule is COc1ccc2c(OC3CC4C(=O)NC5(C(=O)NS(=O)(=O)C6CC6)CC5/C=C/CCCCCC(=O)N4C3)cc(-c3nc(C(C)C)cs3)nc2c1. The summed E-state index contributed by atoms with van der Waals surface area (Å²) < 4.78 is 39.8. The van der Waals surface area contributed by atoms with Crippen LogP contribution in [0.15, 0.2) is 41.8 Å². The van der Waals surface area contributed by atoms with Gasteiger partial charge in [0.1, 0.15) is 39.9 Å². The van der Waals surface area contributed by atoms with E-state index in [2.05, 4.69) is 23.9 Å². The Morgan fingerprint density at radius 3 is 2.70 bits per heavy atom. The highest BCUT2D eigenvalue weighted by Crippen LogP contribution is 2.46. The van der Waals surface area contributed by atoms with E-state index in [1.54, 1.807) is 12.0 Å². The smallest absolute Gasteiger partial charge is 0.259 e. The zero-order valence-electron chi connectivity index (χ0n) is 28.5. The number of nitrogens with one attached hydrogen (secondary N) is 2. The Balaban J connectivity index is 1.18. The van der Waals surface area contributed by atoms with E-state index in [9.17, 15) is 22.8 Å². The Morgan fingerprint density at radius 1 is 1.14 bits per heavy atom. The third-order valence-electron chi connectivity index (χ3n) is 10.1. The van der Waals surface area contributed by atoms with Gasteiger partial charge in [-0.25, -0.2) is 18.4 Å². The van der Waals surface area contributed by atoms with Gasteiger partial charge in [0.25, 0.3) is 5.91 Å². The molecule has 7 rings (SSSR count). The van der Waals surface area contributed by atoms with Crippen LogP contribution in [0.5, 0.6) is 11.5 Å². The van der Waals surface area contributed by atoms with Gasteiger partial charge in [-0.3, -0.25) is 19.1 Å². The maximum atomic E-state index is 14.1. The molecule has 266 valence electrons. The number of carbonyl (C=O) groups excluding carboxylic acids is 3. The van der Waals surface area contributed by atoms with Crippen molar-refractivity contribution in [2.75, 3.05) is 13.7 Å². The van der Waals surface area contributed by atoms with Crippen molar-refractivity contribution in [1.82, 2.24) is 24.9 Å². The standard InChI is InChI=1S/C36H43N5O7S2/c1-21(2)29-20-49-34(38-29)28-17-31(26-14-11-23(47-3)15-27(26)37-28)48-24-16-30-33(43)39-36(35(44)40-50(45,46)25-12-13-25)18-22(36)9-7-5-4-6-8-10-32(42)41(30)19-24/h7,9,11,14-15,17,20-22,24-25,30H,4-6,8,10,12-13,16,18-19H2,1-3H3,(H,39,43)(H,40,44)/b9-7+. The summed E-state index contributed by atoms with van der Waals surface area (Å²) >= 11 is 1.51. The molecule has 1 aromatic carbocycles. The Hall–Kier alpha value is -4.04. The van der Waals surface area contributed by atoms with Gasteiger partial charge in [0.15, 0.2) is 0 Å². The highest BCUT2D eigenvalue weighted by Gasteiger charge is 2.62. The predicted molar refractivity (Wildman–Crippen MR) is 189 cm³/mol. The number of carbonyl (C=O) groups is 3. The van der Waals surface area contributed by atoms with Gasteiger partial charge in [-0.05, 0) is 56.6 Å². The first-order chi connectivity index (χ1) is 24.0. The average Bonchev–Trinajstić information content (AvgIpc) is 3.96. The number of hydrogen-bond acceptors (Lipinski definition) is 10. The molecule has 12 nitrogen and oxygen atoms in total. The van der Waals surface area contributed by atoms with E-state index in [-0.39, 0.29) is 37.1 Å². The van der Waals surface area contributed by atoms with Crippen LogP contribution in [0.4, 0.5) is 0 Å². The zero-order chi connectivity index (χ0) is 35.2. The molecule has 14 heteroatoms. The second kappa shape index (κ2) is 13.6. The van der Waals surface area contributed by atoms with E-state index in [1.807, 2.05) is 41.8 Å². The van der Waals surface area contributed by atoms with Crippen molar-refractivity contribution in [3.8, 4) is 22.2 Å². The topological polar surface area (TPSA) is 157 Å². The van der Waals surface area contributed by atoms with Crippen LogP contribution in [0.3, 0.4) is 0 Å². The molecule has 3 amide bonds. The highest BCUT2D eigenvalue weighted by atomic mass is 32.2. The summed E-state index contributed by atoms with van der Waals surface area (Å²) in [5, 5.41) is 5.86. The van der Waals surface area contributed by atoms with Gasteiger partial charge in [0.2, 0.25) is 21.8 Å². The molecule has 2 aliphatic carbocycles. The fraction of sp³-hybridized carbons (Fsp3) is 0.528. The molecule has 2 aliphatic heterocycles. The molecule has 4 aliphatic rings. The van der Waals surface area contributed by atoms with Crippen LogP contribution < -0.4 is 19.5 Å². The summed E-state index contributed by atoms with van der Waals surface area (Å²) in [6.07, 6.45) is 8.34. The number of methoxy groups -OCH3 is 1. The molecule has 3 fully saturated rings. The van der Waals surface area contributed by atoms with Crippen LogP contribution in [0.25, 0.3) is 21.6 Å². The number of amides is 3. The van der Waals surface area contributed by atoms with Crippen molar-refractivity contribution in [2.45, 2.75) is 100 Å². The van der Waals surface area contributed by atoms with Gasteiger partial charge in [0.05, 0.1) is 30.1 Å². The minimum Gasteiger partial charge on any atom is -0.497 e. The summed E-state index contributed by atoms with van der Waals surface area (Å²) in [5.41, 5.74) is 0.876. The van der Waals surface area contributed by atoms with Crippen molar-refractivity contribution in [3.05, 3.63) is 47.5 Å². The number of allylic oxidation sites excluding steroid dienone is 1. The summed E-state index contributed by atoms with van der Waals surface area (Å²) in [4.78, 5) is 52.6. The summed E-state index contributed by atoms with van der Waals surface area (Å²) in [5.74, 6) is -0.268. The molecule has 2 saturated carbocycles. The van der Waals surface area contributed by atoms with Gasteiger partial charge in [-0.15, -0.1) is 11.3 Å². The number of fused-ring (bicyclic) bond motifs is 3. The van der Waals surface area contributed by atoms with E-state index < -0.39 is 44.8 Å². The number of pyridine rings is 1. The number of nitrogens with zero attached hydrogens (tertiary/aromatic N) is 3. The van der Waals surface area contributed by atoms with Crippen LogP contribution in [0.2, 0.25) is 0 Å². The quantitative estimate of drug-likeness (QED) is 0.311. The minimum atomic E-state index is -3.82. The van der Waals surface area contributed by atoms with Crippen LogP contribution >= 0.6 is 11.3 Å². The van der Waals surface area contributed by atoms with Crippen molar-refractivity contribution in [2.24, 2.45) is 5.92 Å². The van der Waals surface area contributed by atoms with E-state index in [1.165, 1.54) is 11.3 Å². The molecule has 4 atom stereocenters. The maximum Gasteiger partial charge on any atom is 0.259 e. The monoisotopic (exact) mass is 721 g/mol. The van der Waals surface area contributed by atoms with Crippen molar-refractivity contribution in [1.29, 1.82) is 0 Å². The van der Waals surface area contributed by atoms with Gasteiger partial charge >= 0.3 is 0 Å². The fourth-order valence-electron chi connectivity index (χ4n) is 6.85. The molecule has 0 spiro atoms. The van der Waals surface area contributed by atoms with Crippen molar-refractivity contribution < 1.29 is 32.3 Å². The van der Waals surface area contributed by atoms with Crippen molar-refractivity contribution in [3.63, 3.8) is 0 Å². The van der Waals surface area contributed by atoms with E-state index >= 15 is 0 Å². The summed E-state index contributed by atoms with van der Waals surface area (Å²) in [7, 11) is -2.23.